The van der Waals surface area contributed by atoms with Crippen molar-refractivity contribution >= 4 is 29.4 Å². The summed E-state index contributed by atoms with van der Waals surface area (Å²) >= 11 is 0. The molecule has 0 spiro atoms. The van der Waals surface area contributed by atoms with Gasteiger partial charge in [-0.2, -0.15) is 0 Å². The molecule has 1 aliphatic rings. The van der Waals surface area contributed by atoms with Crippen molar-refractivity contribution < 1.29 is 42.6 Å². The number of methoxy groups -OCH3 is 3. The number of amides is 4. The third-order valence-corrected chi connectivity index (χ3v) is 11.0. The number of ketones is 1. The molecular formula is C40H66FN5O8. The first-order valence-corrected chi connectivity index (χ1v) is 19.1. The Morgan fingerprint density at radius 3 is 1.96 bits per heavy atom. The number of benzene rings is 1. The monoisotopic (exact) mass is 763 g/mol. The van der Waals surface area contributed by atoms with Gasteiger partial charge >= 0.3 is 0 Å². The van der Waals surface area contributed by atoms with Gasteiger partial charge in [0, 0.05) is 40.5 Å². The summed E-state index contributed by atoms with van der Waals surface area (Å²) in [5, 5.41) is 8.76. The van der Waals surface area contributed by atoms with Crippen molar-refractivity contribution in [3.63, 3.8) is 0 Å². The Balaban J connectivity index is 2.32. The highest BCUT2D eigenvalue weighted by molar-refractivity contribution is 6.01. The van der Waals surface area contributed by atoms with E-state index in [2.05, 4.69) is 16.0 Å². The summed E-state index contributed by atoms with van der Waals surface area (Å²) in [5.74, 6) is -3.11. The highest BCUT2D eigenvalue weighted by Crippen LogP contribution is 2.31. The molecule has 0 aromatic heterocycles. The fourth-order valence-corrected chi connectivity index (χ4v) is 7.48. The maximum atomic E-state index is 14.3. The smallest absolute Gasteiger partial charge is 0.245 e. The number of rotatable bonds is 21. The fourth-order valence-electron chi connectivity index (χ4n) is 7.48. The molecule has 10 atom stereocenters. The summed E-state index contributed by atoms with van der Waals surface area (Å²) in [4.78, 5) is 71.5. The van der Waals surface area contributed by atoms with E-state index < -0.39 is 60.1 Å². The predicted octanol–water partition coefficient (Wildman–Crippen LogP) is 3.44. The molecule has 13 nitrogen and oxygen atoms in total. The third kappa shape index (κ3) is 11.8. The van der Waals surface area contributed by atoms with Crippen molar-refractivity contribution in [1.29, 1.82) is 0 Å². The Morgan fingerprint density at radius 1 is 0.889 bits per heavy atom. The van der Waals surface area contributed by atoms with E-state index in [-0.39, 0.29) is 65.9 Å². The number of carbonyl (C=O) groups is 5. The van der Waals surface area contributed by atoms with Gasteiger partial charge in [0.15, 0.2) is 5.78 Å². The van der Waals surface area contributed by atoms with Gasteiger partial charge in [0.1, 0.15) is 11.9 Å². The van der Waals surface area contributed by atoms with E-state index in [0.29, 0.717) is 12.8 Å². The lowest BCUT2D eigenvalue weighted by molar-refractivity contribution is -0.148. The second kappa shape index (κ2) is 21.6. The minimum atomic E-state index is -0.890. The first-order valence-electron chi connectivity index (χ1n) is 19.1. The molecule has 1 aromatic carbocycles. The van der Waals surface area contributed by atoms with Crippen molar-refractivity contribution in [3.05, 3.63) is 35.6 Å². The maximum Gasteiger partial charge on any atom is 0.245 e. The third-order valence-electron chi connectivity index (χ3n) is 11.0. The van der Waals surface area contributed by atoms with Crippen LogP contribution in [0.3, 0.4) is 0 Å². The minimum Gasteiger partial charge on any atom is -0.380 e. The SMILES string of the molecule is CC[C@H](C)C([C@@H](CC(=O)N1C[C@H](OC)C[C@H]1[C@H](OC)[C@@H](C)C(=O)N[C@@H](C)C(=O)c1ccc(F)cc1)OC)N(C)C(=O)[C@@H](NC(=O)[C@@H](NC)C(C)C)C(C)C. The van der Waals surface area contributed by atoms with Crippen LogP contribution in [0.15, 0.2) is 24.3 Å². The number of halogens is 1. The summed E-state index contributed by atoms with van der Waals surface area (Å²) < 4.78 is 31.0. The summed E-state index contributed by atoms with van der Waals surface area (Å²) in [7, 11) is 7.97. The predicted molar refractivity (Wildman–Crippen MR) is 205 cm³/mol. The molecular weight excluding hydrogens is 697 g/mol. The Bertz CT molecular complexity index is 1390. The average Bonchev–Trinajstić information content (AvgIpc) is 3.57. The maximum absolute atomic E-state index is 14.3. The van der Waals surface area contributed by atoms with Gasteiger partial charge in [0.05, 0.1) is 54.8 Å². The minimum absolute atomic E-state index is 0.00941. The number of hydrogen-bond donors (Lipinski definition) is 3. The van der Waals surface area contributed by atoms with Crippen LogP contribution in [-0.2, 0) is 33.4 Å². The van der Waals surface area contributed by atoms with E-state index in [0.717, 1.165) is 0 Å². The lowest BCUT2D eigenvalue weighted by Crippen LogP contribution is -2.59. The van der Waals surface area contributed by atoms with Crippen LogP contribution in [0.4, 0.5) is 4.39 Å². The van der Waals surface area contributed by atoms with Gasteiger partial charge in [-0.15, -0.1) is 0 Å². The number of nitrogens with zero attached hydrogens (tertiary/aromatic N) is 2. The molecule has 54 heavy (non-hydrogen) atoms. The second-order valence-electron chi connectivity index (χ2n) is 15.3. The molecule has 14 heteroatoms. The molecule has 0 aliphatic carbocycles. The number of Topliss-reactive ketones (excluding diaryl/α,β-unsaturated/α-hetero) is 1. The van der Waals surface area contributed by atoms with Crippen molar-refractivity contribution in [2.75, 3.05) is 42.0 Å². The molecule has 1 aromatic rings. The lowest BCUT2D eigenvalue weighted by Gasteiger charge is -2.41. The van der Waals surface area contributed by atoms with Gasteiger partial charge < -0.3 is 40.0 Å². The number of likely N-dealkylation sites (tertiary alicyclic amines) is 1. The zero-order valence-corrected chi connectivity index (χ0v) is 34.6. The van der Waals surface area contributed by atoms with Gasteiger partial charge in [0.25, 0.3) is 0 Å². The molecule has 1 saturated heterocycles. The van der Waals surface area contributed by atoms with E-state index in [9.17, 15) is 28.4 Å². The number of likely N-dealkylation sites (N-methyl/N-ethyl adjacent to an activating group) is 2. The van der Waals surface area contributed by atoms with Gasteiger partial charge in [-0.3, -0.25) is 24.0 Å². The number of ether oxygens (including phenoxy) is 3. The zero-order valence-electron chi connectivity index (χ0n) is 34.6. The number of nitrogens with one attached hydrogen (secondary N) is 3. The van der Waals surface area contributed by atoms with Gasteiger partial charge in [0.2, 0.25) is 23.6 Å². The Labute approximate surface area is 321 Å². The molecule has 1 fully saturated rings. The lowest BCUT2D eigenvalue weighted by atomic mass is 9.89. The molecule has 3 N–H and O–H groups in total. The summed E-state index contributed by atoms with van der Waals surface area (Å²) in [5.41, 5.74) is 0.268. The van der Waals surface area contributed by atoms with E-state index >= 15 is 0 Å². The summed E-state index contributed by atoms with van der Waals surface area (Å²) in [6.45, 7) is 15.2. The fraction of sp³-hybridized carbons (Fsp3) is 0.725. The summed E-state index contributed by atoms with van der Waals surface area (Å²) in [6, 6.07) is 1.90. The van der Waals surface area contributed by atoms with Crippen molar-refractivity contribution in [2.45, 2.75) is 123 Å². The first-order chi connectivity index (χ1) is 25.4. The van der Waals surface area contributed by atoms with E-state index in [1.807, 2.05) is 41.5 Å². The molecule has 1 aliphatic heterocycles. The molecule has 0 bridgehead atoms. The van der Waals surface area contributed by atoms with Crippen molar-refractivity contribution in [3.8, 4) is 0 Å². The molecule has 1 heterocycles. The Kier molecular flexibility index (Phi) is 18.7. The first kappa shape index (κ1) is 46.7. The molecule has 0 saturated carbocycles. The molecule has 0 radical (unpaired) electrons. The highest BCUT2D eigenvalue weighted by Gasteiger charge is 2.46. The molecule has 306 valence electrons. The Morgan fingerprint density at radius 2 is 1.48 bits per heavy atom. The van der Waals surface area contributed by atoms with Crippen molar-refractivity contribution in [1.82, 2.24) is 25.8 Å². The van der Waals surface area contributed by atoms with Gasteiger partial charge in [-0.25, -0.2) is 4.39 Å². The van der Waals surface area contributed by atoms with Crippen LogP contribution < -0.4 is 16.0 Å². The Hall–Kier alpha value is -3.46. The normalized spacial score (nSPS) is 20.4. The topological polar surface area (TPSA) is 156 Å². The zero-order chi connectivity index (χ0) is 41.0. The van der Waals surface area contributed by atoms with Crippen LogP contribution in [0.25, 0.3) is 0 Å². The second-order valence-corrected chi connectivity index (χ2v) is 15.3. The van der Waals surface area contributed by atoms with Gasteiger partial charge in [-0.1, -0.05) is 54.9 Å². The molecule has 4 amide bonds. The van der Waals surface area contributed by atoms with Crippen LogP contribution in [0.5, 0.6) is 0 Å². The molecule has 1 unspecified atom stereocenters. The van der Waals surface area contributed by atoms with Crippen LogP contribution in [0, 0.1) is 29.5 Å². The van der Waals surface area contributed by atoms with Crippen molar-refractivity contribution in [2.24, 2.45) is 23.7 Å². The largest absolute Gasteiger partial charge is 0.380 e. The van der Waals surface area contributed by atoms with Crippen LogP contribution in [0.2, 0.25) is 0 Å². The number of carbonyl (C=O) groups excluding carboxylic acids is 5. The van der Waals surface area contributed by atoms with Crippen LogP contribution >= 0.6 is 0 Å². The average molecular weight is 764 g/mol. The van der Waals surface area contributed by atoms with E-state index in [1.54, 1.807) is 44.9 Å². The van der Waals surface area contributed by atoms with Crippen LogP contribution in [-0.4, -0.2) is 130 Å². The van der Waals surface area contributed by atoms with E-state index in [4.69, 9.17) is 14.2 Å². The standard InChI is InChI=1S/C40H66FN5O8/c1-14-24(6)35(45(10)40(51)34(23(4)5)44-39(50)33(42-9)22(2)3)31(53-12)20-32(47)46-21-29(52-11)19-30(46)37(54-13)25(7)38(49)43-26(8)36(48)27-15-17-28(41)18-16-27/h15-18,22-26,29-31,33-35,37,42H,14,19-21H2,1-13H3,(H,43,49)(H,44,50)/t24-,25+,26-,29+,30-,31+,33-,34-,35?,37+/m0/s1. The quantitative estimate of drug-likeness (QED) is 0.160. The van der Waals surface area contributed by atoms with E-state index in [1.165, 1.54) is 38.5 Å². The van der Waals surface area contributed by atoms with Gasteiger partial charge in [-0.05, 0) is 62.4 Å². The summed E-state index contributed by atoms with van der Waals surface area (Å²) in [6.07, 6.45) is -0.725. The molecule has 2 rings (SSSR count). The van der Waals surface area contributed by atoms with Crippen LogP contribution in [0.1, 0.15) is 85.0 Å². The highest BCUT2D eigenvalue weighted by atomic mass is 19.1. The number of hydrogen-bond acceptors (Lipinski definition) is 9.